The van der Waals surface area contributed by atoms with Gasteiger partial charge in [0.1, 0.15) is 0 Å². The van der Waals surface area contributed by atoms with E-state index in [1.54, 1.807) is 0 Å². The highest BCUT2D eigenvalue weighted by molar-refractivity contribution is 4.52. The van der Waals surface area contributed by atoms with Gasteiger partial charge >= 0.3 is 0 Å². The Hall–Kier alpha value is -0.160. The van der Waals surface area contributed by atoms with Crippen molar-refractivity contribution in [2.24, 2.45) is 5.84 Å². The van der Waals surface area contributed by atoms with E-state index in [1.165, 1.54) is 6.42 Å². The van der Waals surface area contributed by atoms with Gasteiger partial charge < -0.3 is 5.48 Å². The highest BCUT2D eigenvalue weighted by atomic mass is 16.0. The predicted molar refractivity (Wildman–Crippen MR) is 38.4 cm³/mol. The first-order valence-electron chi connectivity index (χ1n) is 3.02. The Balaban J connectivity index is 0. The molecule has 0 heterocycles. The third-order valence-electron chi connectivity index (χ3n) is 1.05. The molecule has 4 nitrogen and oxygen atoms in total. The first kappa shape index (κ1) is 11.6. The van der Waals surface area contributed by atoms with Crippen LogP contribution in [-0.4, -0.2) is 11.5 Å². The van der Waals surface area contributed by atoms with Gasteiger partial charge in [-0.15, -0.1) is 0 Å². The molecule has 6 N–H and O–H groups in total. The van der Waals surface area contributed by atoms with Crippen LogP contribution in [0.1, 0.15) is 26.7 Å². The first-order valence-corrected chi connectivity index (χ1v) is 3.02. The number of nitrogens with two attached hydrogens (primary N) is 1. The van der Waals surface area contributed by atoms with Gasteiger partial charge in [0.2, 0.25) is 0 Å². The van der Waals surface area contributed by atoms with E-state index in [4.69, 9.17) is 5.84 Å². The van der Waals surface area contributed by atoms with E-state index >= 15 is 0 Å². The van der Waals surface area contributed by atoms with Gasteiger partial charge in [-0.1, -0.05) is 13.3 Å². The van der Waals surface area contributed by atoms with Crippen molar-refractivity contribution in [3.05, 3.63) is 0 Å². The van der Waals surface area contributed by atoms with E-state index in [-0.39, 0.29) is 5.48 Å². The third kappa shape index (κ3) is 7.84. The maximum absolute atomic E-state index is 5.00. The molecule has 9 heavy (non-hydrogen) atoms. The summed E-state index contributed by atoms with van der Waals surface area (Å²) in [6, 6.07) is 0.477. The molecule has 0 bridgehead atoms. The Labute approximate surface area is 56.1 Å². The second-order valence-electron chi connectivity index (χ2n) is 1.98. The van der Waals surface area contributed by atoms with Crippen molar-refractivity contribution in [3.63, 3.8) is 0 Å². The van der Waals surface area contributed by atoms with Crippen LogP contribution in [0.25, 0.3) is 0 Å². The van der Waals surface area contributed by atoms with E-state index in [1.807, 2.05) is 0 Å². The summed E-state index contributed by atoms with van der Waals surface area (Å²) < 4.78 is 0. The summed E-state index contributed by atoms with van der Waals surface area (Å²) in [7, 11) is 0. The van der Waals surface area contributed by atoms with E-state index in [9.17, 15) is 0 Å². The highest BCUT2D eigenvalue weighted by Gasteiger charge is 1.94. The van der Waals surface area contributed by atoms with Crippen LogP contribution in [-0.2, 0) is 0 Å². The zero-order valence-corrected chi connectivity index (χ0v) is 6.07. The fourth-order valence-electron chi connectivity index (χ4n) is 0.647. The van der Waals surface area contributed by atoms with E-state index in [2.05, 4.69) is 24.8 Å². The lowest BCUT2D eigenvalue weighted by atomic mass is 10.2. The molecule has 0 saturated heterocycles. The van der Waals surface area contributed by atoms with Crippen LogP contribution in [0.4, 0.5) is 0 Å². The summed E-state index contributed by atoms with van der Waals surface area (Å²) in [4.78, 5) is 0. The van der Waals surface area contributed by atoms with Crippen LogP contribution in [0.5, 0.6) is 0 Å². The van der Waals surface area contributed by atoms with Crippen molar-refractivity contribution in [1.82, 2.24) is 11.0 Å². The van der Waals surface area contributed by atoms with E-state index < -0.39 is 0 Å². The molecule has 0 amide bonds. The normalized spacial score (nSPS) is 12.3. The molecule has 0 rings (SSSR count). The van der Waals surface area contributed by atoms with E-state index in [0.717, 1.165) is 6.42 Å². The lowest BCUT2D eigenvalue weighted by molar-refractivity contribution is 0.437. The Morgan fingerprint density at radius 3 is 2.44 bits per heavy atom. The Morgan fingerprint density at radius 2 is 2.11 bits per heavy atom. The average Bonchev–Trinajstić information content (AvgIpc) is 1.68. The standard InChI is InChI=1S/C5H15N3.H2O/c1-3-4-5(2)7-8-6;/h5,7-8H,3-4,6H2,1-2H3;1H2. The van der Waals surface area contributed by atoms with Gasteiger partial charge in [0.05, 0.1) is 0 Å². The SMILES string of the molecule is CCCC(C)NNN.O. The van der Waals surface area contributed by atoms with Crippen molar-refractivity contribution in [1.29, 1.82) is 0 Å². The monoisotopic (exact) mass is 135 g/mol. The molecule has 0 saturated carbocycles. The number of hydrogen-bond acceptors (Lipinski definition) is 3. The lowest BCUT2D eigenvalue weighted by Gasteiger charge is -2.09. The maximum Gasteiger partial charge on any atom is 0.0197 e. The Bertz CT molecular complexity index is 45.5. The molecule has 0 aliphatic rings. The smallest absolute Gasteiger partial charge is 0.0197 e. The van der Waals surface area contributed by atoms with E-state index in [0.29, 0.717) is 6.04 Å². The molecule has 0 radical (unpaired) electrons. The minimum absolute atomic E-state index is 0. The van der Waals surface area contributed by atoms with Gasteiger partial charge in [-0.3, -0.25) is 5.84 Å². The summed E-state index contributed by atoms with van der Waals surface area (Å²) in [5.41, 5.74) is 5.28. The van der Waals surface area contributed by atoms with Gasteiger partial charge in [-0.05, 0) is 13.3 Å². The van der Waals surface area contributed by atoms with Crippen LogP contribution < -0.4 is 16.8 Å². The van der Waals surface area contributed by atoms with Crippen LogP contribution >= 0.6 is 0 Å². The number of hydrazine groups is 2. The minimum atomic E-state index is 0. The van der Waals surface area contributed by atoms with Gasteiger partial charge in [0.15, 0.2) is 0 Å². The quantitative estimate of drug-likeness (QED) is 0.353. The highest BCUT2D eigenvalue weighted by Crippen LogP contribution is 1.91. The third-order valence-corrected chi connectivity index (χ3v) is 1.05. The van der Waals surface area contributed by atoms with Gasteiger partial charge in [0.25, 0.3) is 0 Å². The van der Waals surface area contributed by atoms with Crippen LogP contribution in [0.2, 0.25) is 0 Å². The zero-order valence-electron chi connectivity index (χ0n) is 6.07. The molecule has 0 aromatic rings. The van der Waals surface area contributed by atoms with Gasteiger partial charge in [0, 0.05) is 6.04 Å². The molecule has 58 valence electrons. The summed E-state index contributed by atoms with van der Waals surface area (Å²) in [6.07, 6.45) is 2.35. The lowest BCUT2D eigenvalue weighted by Crippen LogP contribution is -2.43. The average molecular weight is 135 g/mol. The second-order valence-corrected chi connectivity index (χ2v) is 1.98. The number of hydrogen-bond donors (Lipinski definition) is 3. The Morgan fingerprint density at radius 1 is 1.56 bits per heavy atom. The molecule has 0 aromatic carbocycles. The summed E-state index contributed by atoms with van der Waals surface area (Å²) in [6.45, 7) is 4.23. The largest absolute Gasteiger partial charge is 0.412 e. The number of nitrogens with one attached hydrogen (secondary N) is 2. The minimum Gasteiger partial charge on any atom is -0.412 e. The molecule has 1 atom stereocenters. The molecule has 0 aliphatic carbocycles. The molecular weight excluding hydrogens is 118 g/mol. The second kappa shape index (κ2) is 7.84. The number of rotatable bonds is 4. The molecular formula is C5H17N3O. The Kier molecular flexibility index (Phi) is 10.1. The van der Waals surface area contributed by atoms with Crippen molar-refractivity contribution in [2.45, 2.75) is 32.7 Å². The topological polar surface area (TPSA) is 81.6 Å². The molecule has 0 aliphatic heterocycles. The van der Waals surface area contributed by atoms with Crippen LogP contribution in [0.3, 0.4) is 0 Å². The van der Waals surface area contributed by atoms with Crippen molar-refractivity contribution >= 4 is 0 Å². The molecule has 4 heteroatoms. The van der Waals surface area contributed by atoms with Gasteiger partial charge in [-0.2, -0.15) is 5.53 Å². The maximum atomic E-state index is 5.00. The molecule has 0 spiro atoms. The zero-order chi connectivity index (χ0) is 6.41. The fraction of sp³-hybridized carbons (Fsp3) is 1.00. The molecule has 0 aromatic heterocycles. The molecule has 0 fully saturated rings. The van der Waals surface area contributed by atoms with Crippen molar-refractivity contribution in [3.8, 4) is 0 Å². The first-order chi connectivity index (χ1) is 3.81. The van der Waals surface area contributed by atoms with Crippen molar-refractivity contribution in [2.75, 3.05) is 0 Å². The predicted octanol–water partition coefficient (Wildman–Crippen LogP) is -0.682. The van der Waals surface area contributed by atoms with Crippen LogP contribution in [0.15, 0.2) is 0 Å². The van der Waals surface area contributed by atoms with Crippen LogP contribution in [0, 0.1) is 0 Å². The summed E-state index contributed by atoms with van der Waals surface area (Å²) in [5, 5.41) is 0. The fourth-order valence-corrected chi connectivity index (χ4v) is 0.647. The molecule has 1 unspecified atom stereocenters. The van der Waals surface area contributed by atoms with Crippen molar-refractivity contribution < 1.29 is 5.48 Å². The summed E-state index contributed by atoms with van der Waals surface area (Å²) in [5.74, 6) is 5.00. The van der Waals surface area contributed by atoms with Gasteiger partial charge in [-0.25, -0.2) is 5.43 Å². The summed E-state index contributed by atoms with van der Waals surface area (Å²) >= 11 is 0.